The number of allylic oxidation sites excluding steroid dienone is 3. The first-order valence-corrected chi connectivity index (χ1v) is 10.6. The van der Waals surface area contributed by atoms with Crippen molar-refractivity contribution in [3.63, 3.8) is 0 Å². The van der Waals surface area contributed by atoms with Crippen LogP contribution in [0.25, 0.3) is 0 Å². The maximum atomic E-state index is 12.9. The lowest BCUT2D eigenvalue weighted by atomic mass is 10.1. The van der Waals surface area contributed by atoms with Crippen molar-refractivity contribution < 1.29 is 4.79 Å². The van der Waals surface area contributed by atoms with Crippen molar-refractivity contribution >= 4 is 17.9 Å². The zero-order valence-electron chi connectivity index (χ0n) is 18.4. The number of piperazine rings is 1. The summed E-state index contributed by atoms with van der Waals surface area (Å²) >= 11 is 0. The molecular weight excluding hydrogens is 374 g/mol. The Balaban J connectivity index is 1.83. The molecule has 1 aliphatic rings. The molecular formula is C24H33N5O. The van der Waals surface area contributed by atoms with Gasteiger partial charge in [0.15, 0.2) is 0 Å². The van der Waals surface area contributed by atoms with Gasteiger partial charge >= 0.3 is 0 Å². The summed E-state index contributed by atoms with van der Waals surface area (Å²) in [5.74, 6) is 0.151. The number of carbonyl (C=O) groups excluding carboxylic acids is 1. The number of unbranched alkanes of at least 4 members (excludes halogenated alkanes) is 1. The van der Waals surface area contributed by atoms with Gasteiger partial charge in [-0.2, -0.15) is 5.26 Å². The molecule has 1 atom stereocenters. The number of nitriles is 1. The monoisotopic (exact) mass is 407 g/mol. The lowest BCUT2D eigenvalue weighted by Crippen LogP contribution is -2.55. The Morgan fingerprint density at radius 1 is 1.30 bits per heavy atom. The molecule has 6 nitrogen and oxygen atoms in total. The van der Waals surface area contributed by atoms with Gasteiger partial charge in [0.1, 0.15) is 0 Å². The van der Waals surface area contributed by atoms with Gasteiger partial charge in [-0.05, 0) is 43.5 Å². The van der Waals surface area contributed by atoms with Crippen LogP contribution in [0.4, 0.5) is 5.69 Å². The number of nitrogens with zero attached hydrogens (tertiary/aromatic N) is 5. The van der Waals surface area contributed by atoms with Crippen LogP contribution in [0.1, 0.15) is 32.3 Å². The molecule has 1 saturated heterocycles. The molecule has 0 bridgehead atoms. The second-order valence-corrected chi connectivity index (χ2v) is 7.65. The smallest absolute Gasteiger partial charge is 0.242 e. The minimum absolute atomic E-state index is 0.130. The van der Waals surface area contributed by atoms with E-state index >= 15 is 0 Å². The van der Waals surface area contributed by atoms with Crippen LogP contribution in [0.3, 0.4) is 0 Å². The van der Waals surface area contributed by atoms with Crippen LogP contribution in [0.5, 0.6) is 0 Å². The van der Waals surface area contributed by atoms with Crippen LogP contribution in [-0.4, -0.2) is 61.3 Å². The van der Waals surface area contributed by atoms with Crippen LogP contribution < -0.4 is 4.90 Å². The lowest BCUT2D eigenvalue weighted by Gasteiger charge is -2.39. The summed E-state index contributed by atoms with van der Waals surface area (Å²) < 4.78 is 0. The summed E-state index contributed by atoms with van der Waals surface area (Å²) in [4.78, 5) is 23.2. The SMILES string of the molecule is CCCCc1ccc(N(C)CC(=O)N2CCN(C=N/C=C\C=C\C#N)CC2C)cc1. The van der Waals surface area contributed by atoms with E-state index in [1.54, 1.807) is 24.7 Å². The largest absolute Gasteiger partial charge is 0.365 e. The normalized spacial score (nSPS) is 17.2. The summed E-state index contributed by atoms with van der Waals surface area (Å²) in [6.07, 6.45) is 11.7. The van der Waals surface area contributed by atoms with Crippen LogP contribution in [-0.2, 0) is 11.2 Å². The van der Waals surface area contributed by atoms with E-state index in [0.717, 1.165) is 25.2 Å². The van der Waals surface area contributed by atoms with Crippen molar-refractivity contribution in [2.75, 3.05) is 38.1 Å². The number of carbonyl (C=O) groups is 1. The third-order valence-corrected chi connectivity index (χ3v) is 5.23. The Morgan fingerprint density at radius 2 is 2.07 bits per heavy atom. The Morgan fingerprint density at radius 3 is 2.73 bits per heavy atom. The third kappa shape index (κ3) is 7.40. The highest BCUT2D eigenvalue weighted by Gasteiger charge is 2.26. The highest BCUT2D eigenvalue weighted by atomic mass is 16.2. The highest BCUT2D eigenvalue weighted by molar-refractivity contribution is 5.82. The number of likely N-dealkylation sites (N-methyl/N-ethyl adjacent to an activating group) is 1. The van der Waals surface area contributed by atoms with Gasteiger partial charge in [-0.1, -0.05) is 31.6 Å². The Hall–Kier alpha value is -3.07. The summed E-state index contributed by atoms with van der Waals surface area (Å²) in [7, 11) is 1.97. The van der Waals surface area contributed by atoms with Crippen molar-refractivity contribution in [3.8, 4) is 6.07 Å². The summed E-state index contributed by atoms with van der Waals surface area (Å²) in [5, 5.41) is 8.43. The first-order chi connectivity index (χ1) is 14.5. The zero-order chi connectivity index (χ0) is 21.8. The number of benzene rings is 1. The first-order valence-electron chi connectivity index (χ1n) is 10.6. The fourth-order valence-electron chi connectivity index (χ4n) is 3.47. The molecule has 30 heavy (non-hydrogen) atoms. The molecule has 0 saturated carbocycles. The van der Waals surface area contributed by atoms with Gasteiger partial charge in [0.05, 0.1) is 19.0 Å². The van der Waals surface area contributed by atoms with E-state index in [-0.39, 0.29) is 11.9 Å². The van der Waals surface area contributed by atoms with Crippen LogP contribution in [0, 0.1) is 11.3 Å². The number of hydrogen-bond acceptors (Lipinski definition) is 4. The summed E-state index contributed by atoms with van der Waals surface area (Å²) in [6, 6.07) is 10.6. The number of amides is 1. The summed E-state index contributed by atoms with van der Waals surface area (Å²) in [6.45, 7) is 6.86. The average Bonchev–Trinajstić information content (AvgIpc) is 2.75. The molecule has 2 rings (SSSR count). The molecule has 1 aromatic rings. The Bertz CT molecular complexity index is 791. The van der Waals surface area contributed by atoms with Crippen LogP contribution >= 0.6 is 0 Å². The minimum Gasteiger partial charge on any atom is -0.365 e. The summed E-state index contributed by atoms with van der Waals surface area (Å²) in [5.41, 5.74) is 2.42. The topological polar surface area (TPSA) is 62.9 Å². The molecule has 0 N–H and O–H groups in total. The van der Waals surface area contributed by atoms with Crippen molar-refractivity contribution in [3.05, 3.63) is 54.3 Å². The van der Waals surface area contributed by atoms with Gasteiger partial charge in [0, 0.05) is 50.7 Å². The van der Waals surface area contributed by atoms with Crippen molar-refractivity contribution in [1.82, 2.24) is 9.80 Å². The maximum absolute atomic E-state index is 12.9. The van der Waals surface area contributed by atoms with Gasteiger partial charge in [-0.3, -0.25) is 4.79 Å². The van der Waals surface area contributed by atoms with Crippen LogP contribution in [0.15, 0.2) is 53.7 Å². The molecule has 0 aromatic heterocycles. The third-order valence-electron chi connectivity index (χ3n) is 5.23. The maximum Gasteiger partial charge on any atom is 0.242 e. The van der Waals surface area contributed by atoms with Crippen LogP contribution in [0.2, 0.25) is 0 Å². The molecule has 1 amide bonds. The molecule has 1 heterocycles. The second-order valence-electron chi connectivity index (χ2n) is 7.65. The average molecular weight is 408 g/mol. The fourth-order valence-corrected chi connectivity index (χ4v) is 3.47. The van der Waals surface area contributed by atoms with Crippen molar-refractivity contribution in [1.29, 1.82) is 5.26 Å². The Kier molecular flexibility index (Phi) is 9.66. The first kappa shape index (κ1) is 23.2. The molecule has 1 aliphatic heterocycles. The fraction of sp³-hybridized carbons (Fsp3) is 0.458. The van der Waals surface area contributed by atoms with Crippen molar-refractivity contribution in [2.24, 2.45) is 4.99 Å². The van der Waals surface area contributed by atoms with E-state index in [2.05, 4.69) is 48.0 Å². The Labute approximate surface area is 180 Å². The number of anilines is 1. The van der Waals surface area contributed by atoms with E-state index in [0.29, 0.717) is 13.1 Å². The standard InChI is InChI=1S/C24H33N5O/c1-4-5-9-22-10-12-23(13-11-22)27(3)19-24(30)29-17-16-28(18-21(29)2)20-26-15-8-6-7-14-25/h6-8,10-13,15,20-21H,4-5,9,16-19H2,1-3H3/b7-6+,15-8-,26-20?. The number of hydrogen-bond donors (Lipinski definition) is 0. The molecule has 0 aliphatic carbocycles. The molecule has 1 fully saturated rings. The predicted molar refractivity (Wildman–Crippen MR) is 123 cm³/mol. The van der Waals surface area contributed by atoms with E-state index < -0.39 is 0 Å². The minimum atomic E-state index is 0.130. The van der Waals surface area contributed by atoms with Gasteiger partial charge in [0.2, 0.25) is 5.91 Å². The zero-order valence-corrected chi connectivity index (χ0v) is 18.4. The number of aliphatic imine (C=N–C) groups is 1. The number of rotatable bonds is 9. The van der Waals surface area contributed by atoms with E-state index in [9.17, 15) is 4.79 Å². The van der Waals surface area contributed by atoms with Gasteiger partial charge < -0.3 is 14.7 Å². The van der Waals surface area contributed by atoms with Gasteiger partial charge in [-0.25, -0.2) is 4.99 Å². The predicted octanol–water partition coefficient (Wildman–Crippen LogP) is 3.62. The molecule has 0 radical (unpaired) electrons. The number of aryl methyl sites for hydroxylation is 1. The van der Waals surface area contributed by atoms with E-state index in [1.807, 2.05) is 22.9 Å². The highest BCUT2D eigenvalue weighted by Crippen LogP contribution is 2.16. The molecule has 6 heteroatoms. The second kappa shape index (κ2) is 12.5. The molecule has 160 valence electrons. The quantitative estimate of drug-likeness (QED) is 0.271. The lowest BCUT2D eigenvalue weighted by molar-refractivity contribution is -0.133. The van der Waals surface area contributed by atoms with Gasteiger partial charge in [0.25, 0.3) is 0 Å². The molecule has 1 aromatic carbocycles. The molecule has 1 unspecified atom stereocenters. The molecule has 0 spiro atoms. The van der Waals surface area contributed by atoms with E-state index in [1.165, 1.54) is 24.5 Å². The van der Waals surface area contributed by atoms with Crippen molar-refractivity contribution in [2.45, 2.75) is 39.2 Å². The van der Waals surface area contributed by atoms with E-state index in [4.69, 9.17) is 5.26 Å². The van der Waals surface area contributed by atoms with Gasteiger partial charge in [-0.15, -0.1) is 0 Å².